The van der Waals surface area contributed by atoms with E-state index < -0.39 is 0 Å². The maximum Gasteiger partial charge on any atom is 0.161 e. The van der Waals surface area contributed by atoms with E-state index in [1.54, 1.807) is 28.4 Å². The smallest absolute Gasteiger partial charge is 0.161 e. The molecule has 2 aromatic rings. The minimum atomic E-state index is -0.0186. The van der Waals surface area contributed by atoms with Crippen molar-refractivity contribution in [2.24, 2.45) is 11.8 Å². The Morgan fingerprint density at radius 1 is 0.607 bits per heavy atom. The molecule has 0 radical (unpaired) electrons. The second kappa shape index (κ2) is 7.89. The van der Waals surface area contributed by atoms with Crippen LogP contribution in [0, 0.1) is 11.8 Å². The molecule has 0 unspecified atom stereocenters. The summed E-state index contributed by atoms with van der Waals surface area (Å²) in [4.78, 5) is 0. The summed E-state index contributed by atoms with van der Waals surface area (Å²) in [6.45, 7) is 1.31. The van der Waals surface area contributed by atoms with Gasteiger partial charge >= 0.3 is 0 Å². The lowest BCUT2D eigenvalue weighted by Crippen LogP contribution is -2.14. The Balaban J connectivity index is 1.57. The monoisotopic (exact) mass is 386 g/mol. The largest absolute Gasteiger partial charge is 0.493 e. The van der Waals surface area contributed by atoms with Crippen LogP contribution in [-0.2, 0) is 9.47 Å². The van der Waals surface area contributed by atoms with Gasteiger partial charge in [-0.2, -0.15) is 0 Å². The first-order valence-electron chi connectivity index (χ1n) is 9.37. The van der Waals surface area contributed by atoms with Crippen LogP contribution in [0.25, 0.3) is 0 Å². The number of hydrogen-bond acceptors (Lipinski definition) is 6. The molecule has 150 valence electrons. The first-order valence-corrected chi connectivity index (χ1v) is 9.37. The zero-order valence-electron chi connectivity index (χ0n) is 16.6. The van der Waals surface area contributed by atoms with E-state index in [0.717, 1.165) is 11.1 Å². The van der Waals surface area contributed by atoms with Crippen molar-refractivity contribution in [1.82, 2.24) is 0 Å². The van der Waals surface area contributed by atoms with Gasteiger partial charge in [0, 0.05) is 11.8 Å². The van der Waals surface area contributed by atoms with Gasteiger partial charge in [0.25, 0.3) is 0 Å². The van der Waals surface area contributed by atoms with Crippen molar-refractivity contribution >= 4 is 0 Å². The van der Waals surface area contributed by atoms with Crippen LogP contribution in [0.4, 0.5) is 0 Å². The van der Waals surface area contributed by atoms with E-state index in [9.17, 15) is 0 Å². The highest BCUT2D eigenvalue weighted by molar-refractivity contribution is 5.45. The molecule has 0 aromatic heterocycles. The van der Waals surface area contributed by atoms with E-state index in [1.807, 2.05) is 36.4 Å². The first kappa shape index (κ1) is 18.9. The van der Waals surface area contributed by atoms with Gasteiger partial charge in [-0.1, -0.05) is 12.1 Å². The number of methoxy groups -OCH3 is 4. The summed E-state index contributed by atoms with van der Waals surface area (Å²) in [5, 5.41) is 0. The van der Waals surface area contributed by atoms with Crippen LogP contribution in [0.15, 0.2) is 36.4 Å². The second-order valence-corrected chi connectivity index (χ2v) is 7.06. The van der Waals surface area contributed by atoms with Crippen LogP contribution in [0.2, 0.25) is 0 Å². The fourth-order valence-corrected chi connectivity index (χ4v) is 4.29. The molecule has 2 saturated heterocycles. The number of benzene rings is 2. The van der Waals surface area contributed by atoms with E-state index in [4.69, 9.17) is 28.4 Å². The van der Waals surface area contributed by atoms with Crippen molar-refractivity contribution in [2.45, 2.75) is 12.2 Å². The third-order valence-corrected chi connectivity index (χ3v) is 5.74. The van der Waals surface area contributed by atoms with Gasteiger partial charge in [0.05, 0.1) is 53.9 Å². The summed E-state index contributed by atoms with van der Waals surface area (Å²) in [6, 6.07) is 11.9. The predicted molar refractivity (Wildman–Crippen MR) is 103 cm³/mol. The van der Waals surface area contributed by atoms with E-state index >= 15 is 0 Å². The van der Waals surface area contributed by atoms with E-state index in [1.165, 1.54) is 0 Å². The van der Waals surface area contributed by atoms with Gasteiger partial charge in [0.2, 0.25) is 0 Å². The van der Waals surface area contributed by atoms with Crippen LogP contribution in [0.1, 0.15) is 23.3 Å². The highest BCUT2D eigenvalue weighted by atomic mass is 16.5. The fourth-order valence-electron chi connectivity index (χ4n) is 4.29. The molecule has 4 rings (SSSR count). The van der Waals surface area contributed by atoms with E-state index in [0.29, 0.717) is 36.2 Å². The highest BCUT2D eigenvalue weighted by Gasteiger charge is 2.48. The molecule has 6 nitrogen and oxygen atoms in total. The Morgan fingerprint density at radius 3 is 1.36 bits per heavy atom. The molecule has 0 N–H and O–H groups in total. The van der Waals surface area contributed by atoms with E-state index in [2.05, 4.69) is 0 Å². The molecule has 2 aliphatic heterocycles. The zero-order chi connectivity index (χ0) is 19.7. The summed E-state index contributed by atoms with van der Waals surface area (Å²) in [7, 11) is 6.56. The molecule has 6 heteroatoms. The average molecular weight is 386 g/mol. The van der Waals surface area contributed by atoms with Gasteiger partial charge in [0.15, 0.2) is 23.0 Å². The molecule has 2 aromatic carbocycles. The quantitative estimate of drug-likeness (QED) is 0.753. The molecule has 0 amide bonds. The molecule has 4 atom stereocenters. The number of ether oxygens (including phenoxy) is 6. The number of fused-ring (bicyclic) bond motifs is 1. The van der Waals surface area contributed by atoms with Gasteiger partial charge in [-0.25, -0.2) is 0 Å². The van der Waals surface area contributed by atoms with Crippen molar-refractivity contribution in [2.75, 3.05) is 41.7 Å². The molecular formula is C22H26O6. The zero-order valence-corrected chi connectivity index (χ0v) is 16.6. The van der Waals surface area contributed by atoms with Crippen molar-refractivity contribution in [3.8, 4) is 23.0 Å². The van der Waals surface area contributed by atoms with Gasteiger partial charge < -0.3 is 28.4 Å². The van der Waals surface area contributed by atoms with Gasteiger partial charge in [-0.05, 0) is 35.4 Å². The maximum atomic E-state index is 6.20. The molecule has 0 spiro atoms. The lowest BCUT2D eigenvalue weighted by Gasteiger charge is -2.18. The molecule has 0 bridgehead atoms. The molecule has 0 saturated carbocycles. The normalized spacial score (nSPS) is 26.0. The summed E-state index contributed by atoms with van der Waals surface area (Å²) >= 11 is 0. The van der Waals surface area contributed by atoms with E-state index in [-0.39, 0.29) is 24.0 Å². The number of rotatable bonds is 6. The number of hydrogen-bond donors (Lipinski definition) is 0. The van der Waals surface area contributed by atoms with Gasteiger partial charge in [-0.15, -0.1) is 0 Å². The van der Waals surface area contributed by atoms with Crippen molar-refractivity contribution in [3.05, 3.63) is 47.5 Å². The minimum absolute atomic E-state index is 0.0186. The standard InChI is InChI=1S/C22H26O6/c1-23-17-7-5-13(9-19(17)25-3)21-15-11-28-22(16(15)12-27-21)14-6-8-18(24-2)20(10-14)26-4/h5-10,15-16,21-22H,11-12H2,1-4H3/t15-,16-,21-,22+/m0/s1. The molecule has 2 heterocycles. The summed E-state index contributed by atoms with van der Waals surface area (Å²) in [6.07, 6.45) is -0.0371. The molecule has 28 heavy (non-hydrogen) atoms. The third kappa shape index (κ3) is 3.16. The summed E-state index contributed by atoms with van der Waals surface area (Å²) < 4.78 is 34.0. The van der Waals surface area contributed by atoms with Crippen LogP contribution < -0.4 is 18.9 Å². The highest BCUT2D eigenvalue weighted by Crippen LogP contribution is 2.51. The summed E-state index contributed by atoms with van der Waals surface area (Å²) in [5.41, 5.74) is 2.17. The lowest BCUT2D eigenvalue weighted by atomic mass is 9.85. The Kier molecular flexibility index (Phi) is 5.33. The Labute approximate surface area is 165 Å². The van der Waals surface area contributed by atoms with Crippen molar-refractivity contribution in [3.63, 3.8) is 0 Å². The average Bonchev–Trinajstić information content (AvgIpc) is 3.35. The lowest BCUT2D eigenvalue weighted by molar-refractivity contribution is 0.0191. The molecule has 2 aliphatic rings. The van der Waals surface area contributed by atoms with Crippen LogP contribution >= 0.6 is 0 Å². The van der Waals surface area contributed by atoms with Crippen molar-refractivity contribution < 1.29 is 28.4 Å². The topological polar surface area (TPSA) is 55.4 Å². The Morgan fingerprint density at radius 2 is 1.00 bits per heavy atom. The molecule has 2 fully saturated rings. The maximum absolute atomic E-state index is 6.20. The fraction of sp³-hybridized carbons (Fsp3) is 0.455. The summed E-state index contributed by atoms with van der Waals surface area (Å²) in [5.74, 6) is 3.43. The van der Waals surface area contributed by atoms with Crippen LogP contribution in [-0.4, -0.2) is 41.7 Å². The molecular weight excluding hydrogens is 360 g/mol. The Hall–Kier alpha value is -2.44. The first-order chi connectivity index (χ1) is 13.7. The second-order valence-electron chi connectivity index (χ2n) is 7.06. The van der Waals surface area contributed by atoms with Gasteiger partial charge in [-0.3, -0.25) is 0 Å². The van der Waals surface area contributed by atoms with Gasteiger partial charge in [0.1, 0.15) is 0 Å². The van der Waals surface area contributed by atoms with Crippen LogP contribution in [0.3, 0.4) is 0 Å². The van der Waals surface area contributed by atoms with Crippen LogP contribution in [0.5, 0.6) is 23.0 Å². The predicted octanol–water partition coefficient (Wildman–Crippen LogP) is 3.80. The molecule has 0 aliphatic carbocycles. The van der Waals surface area contributed by atoms with Crippen molar-refractivity contribution in [1.29, 1.82) is 0 Å². The minimum Gasteiger partial charge on any atom is -0.493 e. The Bertz CT molecular complexity index is 766. The third-order valence-electron chi connectivity index (χ3n) is 5.74. The SMILES string of the molecule is COc1ccc([C@H]2OC[C@H]3[C@@H]2CO[C@H]3c2ccc(OC)c(OC)c2)cc1OC.